The average molecular weight is 475 g/mol. The van der Waals surface area contributed by atoms with Crippen LogP contribution >= 0.6 is 0 Å². The number of benzene rings is 1. The first-order valence-corrected chi connectivity index (χ1v) is 12.2. The molecule has 0 radical (unpaired) electrons. The summed E-state index contributed by atoms with van der Waals surface area (Å²) in [5.74, 6) is 0.851. The molecule has 1 aliphatic heterocycles. The molecule has 0 spiro atoms. The lowest BCUT2D eigenvalue weighted by Crippen LogP contribution is -2.40. The van der Waals surface area contributed by atoms with Crippen LogP contribution in [0.2, 0.25) is 0 Å². The van der Waals surface area contributed by atoms with Crippen LogP contribution in [0.3, 0.4) is 0 Å². The number of pyridine rings is 1. The number of rotatable bonds is 7. The number of ether oxygens (including phenoxy) is 1. The topological polar surface area (TPSA) is 116 Å². The van der Waals surface area contributed by atoms with Gasteiger partial charge < -0.3 is 19.9 Å². The van der Waals surface area contributed by atoms with Crippen molar-refractivity contribution < 1.29 is 9.53 Å². The molecule has 2 fully saturated rings. The minimum absolute atomic E-state index is 0.00380. The molecular weight excluding hydrogens is 444 g/mol. The molecule has 182 valence electrons. The first kappa shape index (κ1) is 23.1. The molecule has 1 amide bonds. The maximum atomic E-state index is 13.1. The fraction of sp³-hybridized carbons (Fsp3) is 0.462. The zero-order valence-electron chi connectivity index (χ0n) is 20.1. The second-order valence-electron chi connectivity index (χ2n) is 9.54. The van der Waals surface area contributed by atoms with Crippen molar-refractivity contribution in [2.24, 2.45) is 5.92 Å². The number of aromatic nitrogens is 3. The number of nitrogens with one attached hydrogen (secondary N) is 2. The predicted octanol–water partition coefficient (Wildman–Crippen LogP) is 3.89. The van der Waals surface area contributed by atoms with Gasteiger partial charge in [-0.15, -0.1) is 0 Å². The monoisotopic (exact) mass is 474 g/mol. The van der Waals surface area contributed by atoms with Crippen molar-refractivity contribution in [1.29, 1.82) is 5.26 Å². The normalized spacial score (nSPS) is 17.2. The van der Waals surface area contributed by atoms with Crippen LogP contribution in [-0.4, -0.2) is 51.9 Å². The maximum Gasteiger partial charge on any atom is 0.261 e. The van der Waals surface area contributed by atoms with Crippen molar-refractivity contribution in [1.82, 2.24) is 19.7 Å². The summed E-state index contributed by atoms with van der Waals surface area (Å²) < 4.78 is 7.26. The van der Waals surface area contributed by atoms with Crippen molar-refractivity contribution >= 4 is 28.3 Å². The van der Waals surface area contributed by atoms with Crippen molar-refractivity contribution in [3.8, 4) is 6.07 Å². The molecule has 1 aliphatic carbocycles. The van der Waals surface area contributed by atoms with Crippen LogP contribution in [0.25, 0.3) is 10.9 Å². The summed E-state index contributed by atoms with van der Waals surface area (Å²) in [5, 5.41) is 17.9. The molecule has 9 heteroatoms. The third-order valence-corrected chi connectivity index (χ3v) is 7.19. The Balaban J connectivity index is 1.43. The second kappa shape index (κ2) is 9.55. The van der Waals surface area contributed by atoms with E-state index >= 15 is 0 Å². The highest BCUT2D eigenvalue weighted by atomic mass is 16.5. The minimum atomic E-state index is -0.232. The number of H-pyrrole nitrogens is 1. The number of aromatic amines is 1. The van der Waals surface area contributed by atoms with Gasteiger partial charge in [0.25, 0.3) is 11.5 Å². The van der Waals surface area contributed by atoms with E-state index in [2.05, 4.69) is 16.4 Å². The lowest BCUT2D eigenvalue weighted by atomic mass is 10.0. The molecule has 2 aliphatic rings. The Morgan fingerprint density at radius 1 is 1.31 bits per heavy atom. The Hall–Kier alpha value is -3.64. The van der Waals surface area contributed by atoms with E-state index in [0.717, 1.165) is 36.9 Å². The lowest BCUT2D eigenvalue weighted by Gasteiger charge is -2.31. The van der Waals surface area contributed by atoms with Gasteiger partial charge in [-0.25, -0.2) is 0 Å². The summed E-state index contributed by atoms with van der Waals surface area (Å²) in [7, 11) is 1.85. The fourth-order valence-electron chi connectivity index (χ4n) is 5.01. The van der Waals surface area contributed by atoms with Gasteiger partial charge in [0.15, 0.2) is 5.82 Å². The Labute approximate surface area is 203 Å². The third-order valence-electron chi connectivity index (χ3n) is 7.19. The first-order chi connectivity index (χ1) is 17.0. The number of nitriles is 1. The average Bonchev–Trinajstić information content (AvgIpc) is 3.64. The quantitative estimate of drug-likeness (QED) is 0.537. The summed E-state index contributed by atoms with van der Waals surface area (Å²) in [6.07, 6.45) is 5.79. The number of carbonyl (C=O) groups is 1. The highest BCUT2D eigenvalue weighted by Gasteiger charge is 2.34. The molecule has 1 atom stereocenters. The zero-order valence-corrected chi connectivity index (χ0v) is 20.1. The van der Waals surface area contributed by atoms with Crippen molar-refractivity contribution in [2.45, 2.75) is 51.1 Å². The molecule has 2 aromatic heterocycles. The molecule has 1 saturated heterocycles. The lowest BCUT2D eigenvalue weighted by molar-refractivity contribution is 0.0361. The number of amides is 1. The molecule has 3 aromatic rings. The summed E-state index contributed by atoms with van der Waals surface area (Å²) in [6, 6.07) is 9.80. The van der Waals surface area contributed by atoms with Crippen LogP contribution in [0.5, 0.6) is 0 Å². The van der Waals surface area contributed by atoms with Gasteiger partial charge in [-0.1, -0.05) is 0 Å². The molecule has 1 aromatic carbocycles. The Kier molecular flexibility index (Phi) is 6.31. The third kappa shape index (κ3) is 4.54. The van der Waals surface area contributed by atoms with Gasteiger partial charge in [-0.3, -0.25) is 14.3 Å². The number of hydrogen-bond donors (Lipinski definition) is 2. The van der Waals surface area contributed by atoms with Gasteiger partial charge >= 0.3 is 0 Å². The van der Waals surface area contributed by atoms with E-state index in [1.807, 2.05) is 47.8 Å². The largest absolute Gasteiger partial charge is 0.381 e. The number of fused-ring (bicyclic) bond motifs is 1. The second-order valence-corrected chi connectivity index (χ2v) is 9.54. The smallest absolute Gasteiger partial charge is 0.261 e. The van der Waals surface area contributed by atoms with E-state index in [4.69, 9.17) is 9.84 Å². The van der Waals surface area contributed by atoms with Crippen LogP contribution < -0.4 is 10.9 Å². The van der Waals surface area contributed by atoms with Gasteiger partial charge in [0.1, 0.15) is 5.39 Å². The van der Waals surface area contributed by atoms with Crippen molar-refractivity contribution in [3.63, 3.8) is 0 Å². The number of hydrogen-bond acceptors (Lipinski definition) is 6. The highest BCUT2D eigenvalue weighted by Crippen LogP contribution is 2.43. The molecule has 0 bridgehead atoms. The molecule has 3 heterocycles. The van der Waals surface area contributed by atoms with E-state index < -0.39 is 0 Å². The molecule has 2 N–H and O–H groups in total. The van der Waals surface area contributed by atoms with E-state index in [0.29, 0.717) is 47.8 Å². The molecule has 9 nitrogen and oxygen atoms in total. The van der Waals surface area contributed by atoms with Gasteiger partial charge in [0, 0.05) is 43.8 Å². The molecule has 1 saturated carbocycles. The standard InChI is InChI=1S/C26H30N6O3/c1-16-15-18(5-6-20(16)26(34)31(2)19-9-13-35-14-10-19)29-24-23-22(8-12-28-25(23)33)32(30-24)21(7-11-27)17-3-4-17/h5-6,8,12,15,17,19,21H,3-4,7,9-10,13-14H2,1-2H3,(H,28,33)(H,29,30). The first-order valence-electron chi connectivity index (χ1n) is 12.2. The van der Waals surface area contributed by atoms with E-state index in [1.165, 1.54) is 0 Å². The van der Waals surface area contributed by atoms with Crippen LogP contribution in [-0.2, 0) is 4.74 Å². The Morgan fingerprint density at radius 3 is 2.77 bits per heavy atom. The molecule has 35 heavy (non-hydrogen) atoms. The van der Waals surface area contributed by atoms with Gasteiger partial charge in [-0.2, -0.15) is 10.4 Å². The van der Waals surface area contributed by atoms with E-state index in [-0.39, 0.29) is 23.6 Å². The highest BCUT2D eigenvalue weighted by molar-refractivity contribution is 5.96. The summed E-state index contributed by atoms with van der Waals surface area (Å²) in [6.45, 7) is 3.27. The zero-order chi connectivity index (χ0) is 24.5. The number of anilines is 2. The fourth-order valence-corrected chi connectivity index (χ4v) is 5.01. The number of aryl methyl sites for hydroxylation is 1. The van der Waals surface area contributed by atoms with E-state index in [1.54, 1.807) is 6.20 Å². The van der Waals surface area contributed by atoms with Crippen LogP contribution in [0.4, 0.5) is 11.5 Å². The SMILES string of the molecule is Cc1cc(Nc2nn(C(CC#N)C3CC3)c3cc[nH]c(=O)c23)ccc1C(=O)N(C)C1CCOCC1. The minimum Gasteiger partial charge on any atom is -0.381 e. The van der Waals surface area contributed by atoms with Crippen LogP contribution in [0.15, 0.2) is 35.3 Å². The molecule has 1 unspecified atom stereocenters. The van der Waals surface area contributed by atoms with Crippen LogP contribution in [0, 0.1) is 24.2 Å². The molecule has 5 rings (SSSR count). The summed E-state index contributed by atoms with van der Waals surface area (Å²) in [5.41, 5.74) is 2.72. The predicted molar refractivity (Wildman–Crippen MR) is 133 cm³/mol. The van der Waals surface area contributed by atoms with Crippen LogP contribution in [0.1, 0.15) is 54.1 Å². The van der Waals surface area contributed by atoms with Crippen molar-refractivity contribution in [3.05, 3.63) is 51.9 Å². The summed E-state index contributed by atoms with van der Waals surface area (Å²) >= 11 is 0. The van der Waals surface area contributed by atoms with Crippen molar-refractivity contribution in [2.75, 3.05) is 25.6 Å². The van der Waals surface area contributed by atoms with Gasteiger partial charge in [0.2, 0.25) is 0 Å². The van der Waals surface area contributed by atoms with Gasteiger partial charge in [-0.05, 0) is 68.4 Å². The summed E-state index contributed by atoms with van der Waals surface area (Å²) in [4.78, 5) is 30.4. The van der Waals surface area contributed by atoms with E-state index in [9.17, 15) is 14.9 Å². The molecular formula is C26H30N6O3. The maximum absolute atomic E-state index is 13.1. The Morgan fingerprint density at radius 2 is 2.09 bits per heavy atom. The number of nitrogens with zero attached hydrogens (tertiary/aromatic N) is 4. The van der Waals surface area contributed by atoms with Gasteiger partial charge in [0.05, 0.1) is 24.0 Å². The number of carbonyl (C=O) groups excluding carboxylic acids is 1. The Bertz CT molecular complexity index is 1340.